The highest BCUT2D eigenvalue weighted by Crippen LogP contribution is 2.33. The van der Waals surface area contributed by atoms with Gasteiger partial charge in [-0.05, 0) is 107 Å². The van der Waals surface area contributed by atoms with E-state index < -0.39 is 0 Å². The predicted octanol–water partition coefficient (Wildman–Crippen LogP) is 8.46. The van der Waals surface area contributed by atoms with Gasteiger partial charge in [-0.1, -0.05) is 76.2 Å². The standard InChI is InChI=1S/C20H28N2.C16H20N2/c1-3-18(20-10-6-17(14-22)7-11-20)12-15(2)19-8-4-16(13-21)5-9-19;1-3-14(16-6-10-18-11-7-16)12-13(2)15-4-8-17-9-5-15/h4-11,15,18H,3,12-14,21-22H2,1-2H3;4-11,13-14H,3,12H2,1-2H3. The zero-order chi connectivity index (χ0) is 28.7. The average molecular weight is 537 g/mol. The zero-order valence-corrected chi connectivity index (χ0v) is 24.8. The van der Waals surface area contributed by atoms with E-state index in [1.54, 1.807) is 0 Å². The molecule has 0 bridgehead atoms. The van der Waals surface area contributed by atoms with Crippen molar-refractivity contribution in [2.75, 3.05) is 0 Å². The fraction of sp³-hybridized carbons (Fsp3) is 0.389. The average Bonchev–Trinajstić information content (AvgIpc) is 3.03. The number of aromatic nitrogens is 2. The van der Waals surface area contributed by atoms with Gasteiger partial charge in [-0.15, -0.1) is 0 Å². The number of hydrogen-bond acceptors (Lipinski definition) is 4. The van der Waals surface area contributed by atoms with Crippen molar-refractivity contribution < 1.29 is 0 Å². The number of nitrogens with zero attached hydrogens (tertiary/aromatic N) is 2. The van der Waals surface area contributed by atoms with Gasteiger partial charge >= 0.3 is 0 Å². The summed E-state index contributed by atoms with van der Waals surface area (Å²) < 4.78 is 0. The van der Waals surface area contributed by atoms with Crippen molar-refractivity contribution in [1.82, 2.24) is 9.97 Å². The van der Waals surface area contributed by atoms with Crippen molar-refractivity contribution in [3.63, 3.8) is 0 Å². The van der Waals surface area contributed by atoms with Crippen LogP contribution < -0.4 is 11.5 Å². The van der Waals surface area contributed by atoms with E-state index in [4.69, 9.17) is 11.5 Å². The molecule has 40 heavy (non-hydrogen) atoms. The lowest BCUT2D eigenvalue weighted by molar-refractivity contribution is 0.544. The lowest BCUT2D eigenvalue weighted by Gasteiger charge is -2.21. The normalized spacial score (nSPS) is 13.9. The Morgan fingerprint density at radius 3 is 1.20 bits per heavy atom. The summed E-state index contributed by atoms with van der Waals surface area (Å²) in [5.74, 6) is 2.31. The Kier molecular flexibility index (Phi) is 13.0. The van der Waals surface area contributed by atoms with E-state index in [0.29, 0.717) is 36.8 Å². The second kappa shape index (κ2) is 16.7. The summed E-state index contributed by atoms with van der Waals surface area (Å²) in [5.41, 5.74) is 19.3. The Bertz CT molecular complexity index is 1210. The van der Waals surface area contributed by atoms with Crippen LogP contribution >= 0.6 is 0 Å². The summed E-state index contributed by atoms with van der Waals surface area (Å²) in [7, 11) is 0. The van der Waals surface area contributed by atoms with Gasteiger partial charge in [-0.2, -0.15) is 0 Å². The largest absolute Gasteiger partial charge is 0.326 e. The van der Waals surface area contributed by atoms with Crippen molar-refractivity contribution in [2.45, 2.75) is 90.1 Å². The van der Waals surface area contributed by atoms with E-state index in [-0.39, 0.29) is 0 Å². The molecule has 0 aliphatic rings. The van der Waals surface area contributed by atoms with Crippen molar-refractivity contribution in [1.29, 1.82) is 0 Å². The van der Waals surface area contributed by atoms with Crippen LogP contribution in [-0.2, 0) is 13.1 Å². The topological polar surface area (TPSA) is 77.8 Å². The molecule has 4 heteroatoms. The van der Waals surface area contributed by atoms with E-state index in [0.717, 1.165) is 6.42 Å². The summed E-state index contributed by atoms with van der Waals surface area (Å²) in [6.07, 6.45) is 12.2. The first-order valence-corrected chi connectivity index (χ1v) is 14.9. The van der Waals surface area contributed by atoms with Gasteiger partial charge < -0.3 is 11.5 Å². The Labute approximate surface area is 242 Å². The van der Waals surface area contributed by atoms with Crippen LogP contribution in [0.2, 0.25) is 0 Å². The first-order chi connectivity index (χ1) is 19.5. The summed E-state index contributed by atoms with van der Waals surface area (Å²) >= 11 is 0. The van der Waals surface area contributed by atoms with Crippen molar-refractivity contribution in [2.24, 2.45) is 11.5 Å². The summed E-state index contributed by atoms with van der Waals surface area (Å²) in [6, 6.07) is 26.0. The van der Waals surface area contributed by atoms with Crippen LogP contribution in [0.4, 0.5) is 0 Å². The Balaban J connectivity index is 0.000000225. The van der Waals surface area contributed by atoms with E-state index in [1.165, 1.54) is 52.6 Å². The molecule has 4 nitrogen and oxygen atoms in total. The molecule has 0 saturated heterocycles. The second-order valence-electron chi connectivity index (χ2n) is 10.9. The van der Waals surface area contributed by atoms with Gasteiger partial charge in [-0.3, -0.25) is 9.97 Å². The minimum atomic E-state index is 0.547. The van der Waals surface area contributed by atoms with Crippen LogP contribution in [0.3, 0.4) is 0 Å². The molecule has 0 aliphatic carbocycles. The number of pyridine rings is 2. The molecule has 2 heterocycles. The first-order valence-electron chi connectivity index (χ1n) is 14.9. The molecule has 2 aromatic carbocycles. The van der Waals surface area contributed by atoms with E-state index in [9.17, 15) is 0 Å². The number of rotatable bonds is 12. The van der Waals surface area contributed by atoms with E-state index in [2.05, 4.69) is 110 Å². The SMILES string of the molecule is CCC(CC(C)c1ccc(CN)cc1)c1ccc(CN)cc1.CCC(CC(C)c1ccncc1)c1ccncc1. The molecular formula is C36H48N4. The minimum absolute atomic E-state index is 0.547. The molecule has 4 N–H and O–H groups in total. The lowest BCUT2D eigenvalue weighted by Crippen LogP contribution is -2.05. The maximum absolute atomic E-state index is 5.68. The molecule has 0 fully saturated rings. The summed E-state index contributed by atoms with van der Waals surface area (Å²) in [6.45, 7) is 10.4. The van der Waals surface area contributed by atoms with Gasteiger partial charge in [0.25, 0.3) is 0 Å². The van der Waals surface area contributed by atoms with Gasteiger partial charge in [0.05, 0.1) is 0 Å². The second-order valence-corrected chi connectivity index (χ2v) is 10.9. The van der Waals surface area contributed by atoms with E-state index in [1.807, 2.05) is 24.8 Å². The number of benzene rings is 2. The molecule has 0 aliphatic heterocycles. The van der Waals surface area contributed by atoms with Crippen LogP contribution in [0.25, 0.3) is 0 Å². The molecule has 4 aromatic rings. The maximum Gasteiger partial charge on any atom is 0.0270 e. The molecule has 0 amide bonds. The molecular weight excluding hydrogens is 488 g/mol. The number of hydrogen-bond donors (Lipinski definition) is 2. The third-order valence-electron chi connectivity index (χ3n) is 8.19. The molecule has 0 radical (unpaired) electrons. The number of nitrogens with two attached hydrogens (primary N) is 2. The molecule has 4 atom stereocenters. The molecule has 2 aromatic heterocycles. The Morgan fingerprint density at radius 2 is 0.825 bits per heavy atom. The fourth-order valence-electron chi connectivity index (χ4n) is 5.44. The highest BCUT2D eigenvalue weighted by atomic mass is 14.6. The molecule has 4 rings (SSSR count). The third kappa shape index (κ3) is 9.39. The molecule has 212 valence electrons. The van der Waals surface area contributed by atoms with Crippen molar-refractivity contribution >= 4 is 0 Å². The molecule has 0 saturated carbocycles. The fourth-order valence-corrected chi connectivity index (χ4v) is 5.44. The lowest BCUT2D eigenvalue weighted by atomic mass is 9.84. The van der Waals surface area contributed by atoms with Crippen LogP contribution in [-0.4, -0.2) is 9.97 Å². The van der Waals surface area contributed by atoms with Gasteiger partial charge in [0, 0.05) is 37.9 Å². The van der Waals surface area contributed by atoms with Crippen LogP contribution in [0.15, 0.2) is 97.6 Å². The highest BCUT2D eigenvalue weighted by molar-refractivity contribution is 5.28. The quantitative estimate of drug-likeness (QED) is 0.190. The molecule has 0 spiro atoms. The van der Waals surface area contributed by atoms with Gasteiger partial charge in [0.15, 0.2) is 0 Å². The monoisotopic (exact) mass is 536 g/mol. The van der Waals surface area contributed by atoms with Crippen LogP contribution in [0.5, 0.6) is 0 Å². The van der Waals surface area contributed by atoms with Gasteiger partial charge in [0.1, 0.15) is 0 Å². The van der Waals surface area contributed by atoms with Gasteiger partial charge in [0.2, 0.25) is 0 Å². The minimum Gasteiger partial charge on any atom is -0.326 e. The Morgan fingerprint density at radius 1 is 0.500 bits per heavy atom. The zero-order valence-electron chi connectivity index (χ0n) is 24.8. The van der Waals surface area contributed by atoms with E-state index >= 15 is 0 Å². The smallest absolute Gasteiger partial charge is 0.0270 e. The maximum atomic E-state index is 5.68. The third-order valence-corrected chi connectivity index (χ3v) is 8.19. The predicted molar refractivity (Wildman–Crippen MR) is 169 cm³/mol. The van der Waals surface area contributed by atoms with Crippen LogP contribution in [0, 0.1) is 0 Å². The molecule has 4 unspecified atom stereocenters. The van der Waals surface area contributed by atoms with Crippen molar-refractivity contribution in [3.05, 3.63) is 131 Å². The summed E-state index contributed by atoms with van der Waals surface area (Å²) in [5, 5.41) is 0. The highest BCUT2D eigenvalue weighted by Gasteiger charge is 2.16. The van der Waals surface area contributed by atoms with Gasteiger partial charge in [-0.25, -0.2) is 0 Å². The van der Waals surface area contributed by atoms with Crippen LogP contribution in [0.1, 0.15) is 110 Å². The summed E-state index contributed by atoms with van der Waals surface area (Å²) in [4.78, 5) is 8.17. The van der Waals surface area contributed by atoms with Crippen molar-refractivity contribution in [3.8, 4) is 0 Å². The first kappa shape index (κ1) is 31.2. The Hall–Kier alpha value is -3.34.